The van der Waals surface area contributed by atoms with E-state index in [0.29, 0.717) is 0 Å². The summed E-state index contributed by atoms with van der Waals surface area (Å²) in [4.78, 5) is 4.36. The standard InChI is InChI=1S/C17H18N2O/c1-3-5-13(2)11-18-17-9-8-15(12-19-17)14-6-4-7-16(20)10-14/h3-12,20H,1-2H3,(H,18,19)/b5-3+,13-11+. The highest BCUT2D eigenvalue weighted by molar-refractivity contribution is 5.65. The molecule has 102 valence electrons. The van der Waals surface area contributed by atoms with E-state index in [9.17, 15) is 5.11 Å². The molecule has 0 aliphatic heterocycles. The first kappa shape index (κ1) is 13.9. The van der Waals surface area contributed by atoms with Crippen LogP contribution in [0.1, 0.15) is 13.8 Å². The number of pyridine rings is 1. The van der Waals surface area contributed by atoms with Gasteiger partial charge in [0.2, 0.25) is 0 Å². The Morgan fingerprint density at radius 1 is 1.20 bits per heavy atom. The van der Waals surface area contributed by atoms with Gasteiger partial charge in [0, 0.05) is 18.0 Å². The normalized spacial score (nSPS) is 11.8. The number of aromatic hydroxyl groups is 1. The molecule has 0 saturated heterocycles. The topological polar surface area (TPSA) is 45.1 Å². The molecule has 1 heterocycles. The maximum atomic E-state index is 9.48. The van der Waals surface area contributed by atoms with Crippen LogP contribution in [0, 0.1) is 0 Å². The molecular weight excluding hydrogens is 248 g/mol. The van der Waals surface area contributed by atoms with E-state index in [1.54, 1.807) is 18.3 Å². The molecule has 1 aromatic carbocycles. The van der Waals surface area contributed by atoms with E-state index < -0.39 is 0 Å². The molecule has 0 spiro atoms. The summed E-state index contributed by atoms with van der Waals surface area (Å²) < 4.78 is 0. The van der Waals surface area contributed by atoms with Crippen LogP contribution in [0.4, 0.5) is 5.82 Å². The Labute approximate surface area is 119 Å². The van der Waals surface area contributed by atoms with Gasteiger partial charge in [-0.3, -0.25) is 0 Å². The number of phenols is 1. The van der Waals surface area contributed by atoms with Gasteiger partial charge in [-0.2, -0.15) is 0 Å². The molecule has 0 amide bonds. The summed E-state index contributed by atoms with van der Waals surface area (Å²) in [6.07, 6.45) is 7.71. The number of nitrogens with one attached hydrogen (secondary N) is 1. The first-order chi connectivity index (χ1) is 9.69. The van der Waals surface area contributed by atoms with Gasteiger partial charge in [-0.05, 0) is 49.2 Å². The average molecular weight is 266 g/mol. The van der Waals surface area contributed by atoms with Crippen LogP contribution in [-0.2, 0) is 0 Å². The number of anilines is 1. The van der Waals surface area contributed by atoms with Gasteiger partial charge in [0.05, 0.1) is 0 Å². The molecular formula is C17H18N2O. The van der Waals surface area contributed by atoms with E-state index >= 15 is 0 Å². The lowest BCUT2D eigenvalue weighted by atomic mass is 10.1. The van der Waals surface area contributed by atoms with Crippen molar-refractivity contribution in [2.75, 3.05) is 5.32 Å². The summed E-state index contributed by atoms with van der Waals surface area (Å²) in [5.74, 6) is 1.05. The van der Waals surface area contributed by atoms with Crippen molar-refractivity contribution < 1.29 is 5.11 Å². The third-order valence-corrected chi connectivity index (χ3v) is 2.82. The fourth-order valence-corrected chi connectivity index (χ4v) is 1.83. The van der Waals surface area contributed by atoms with Crippen molar-refractivity contribution in [3.8, 4) is 16.9 Å². The second-order valence-electron chi connectivity index (χ2n) is 4.52. The molecule has 0 aliphatic rings. The van der Waals surface area contributed by atoms with Crippen molar-refractivity contribution in [3.05, 3.63) is 66.5 Å². The van der Waals surface area contributed by atoms with Crippen molar-refractivity contribution in [2.45, 2.75) is 13.8 Å². The number of hydrogen-bond acceptors (Lipinski definition) is 3. The molecule has 20 heavy (non-hydrogen) atoms. The number of aromatic nitrogens is 1. The lowest BCUT2D eigenvalue weighted by Crippen LogP contribution is -1.92. The first-order valence-electron chi connectivity index (χ1n) is 6.50. The molecule has 2 aromatic rings. The maximum absolute atomic E-state index is 9.48. The Morgan fingerprint density at radius 3 is 2.70 bits per heavy atom. The molecule has 0 bridgehead atoms. The van der Waals surface area contributed by atoms with Gasteiger partial charge in [0.15, 0.2) is 0 Å². The fourth-order valence-electron chi connectivity index (χ4n) is 1.83. The molecule has 1 aromatic heterocycles. The Balaban J connectivity index is 2.12. The van der Waals surface area contributed by atoms with Crippen LogP contribution in [0.3, 0.4) is 0 Å². The summed E-state index contributed by atoms with van der Waals surface area (Å²) in [5.41, 5.74) is 3.05. The molecule has 0 fully saturated rings. The number of allylic oxidation sites excluding steroid dienone is 3. The van der Waals surface area contributed by atoms with Crippen LogP contribution in [0.15, 0.2) is 66.5 Å². The van der Waals surface area contributed by atoms with Crippen LogP contribution in [0.25, 0.3) is 11.1 Å². The minimum Gasteiger partial charge on any atom is -0.508 e. The van der Waals surface area contributed by atoms with Gasteiger partial charge >= 0.3 is 0 Å². The molecule has 3 nitrogen and oxygen atoms in total. The van der Waals surface area contributed by atoms with Gasteiger partial charge < -0.3 is 10.4 Å². The van der Waals surface area contributed by atoms with Gasteiger partial charge in [-0.1, -0.05) is 24.3 Å². The summed E-state index contributed by atoms with van der Waals surface area (Å²) in [6.45, 7) is 4.01. The smallest absolute Gasteiger partial charge is 0.129 e. The van der Waals surface area contributed by atoms with Crippen LogP contribution < -0.4 is 5.32 Å². The Kier molecular flexibility index (Phi) is 4.56. The number of phenolic OH excluding ortho intramolecular Hbond substituents is 1. The predicted molar refractivity (Wildman–Crippen MR) is 83.5 cm³/mol. The van der Waals surface area contributed by atoms with E-state index in [0.717, 1.165) is 22.5 Å². The van der Waals surface area contributed by atoms with E-state index in [4.69, 9.17) is 0 Å². The van der Waals surface area contributed by atoms with Gasteiger partial charge in [-0.25, -0.2) is 4.98 Å². The Morgan fingerprint density at radius 2 is 2.05 bits per heavy atom. The molecule has 2 rings (SSSR count). The zero-order valence-electron chi connectivity index (χ0n) is 11.7. The van der Waals surface area contributed by atoms with Crippen molar-refractivity contribution in [1.82, 2.24) is 4.98 Å². The lowest BCUT2D eigenvalue weighted by Gasteiger charge is -2.04. The number of nitrogens with zero attached hydrogens (tertiary/aromatic N) is 1. The van der Waals surface area contributed by atoms with Crippen molar-refractivity contribution in [3.63, 3.8) is 0 Å². The number of benzene rings is 1. The molecule has 0 aliphatic carbocycles. The fraction of sp³-hybridized carbons (Fsp3) is 0.118. The Hall–Kier alpha value is -2.55. The van der Waals surface area contributed by atoms with Crippen molar-refractivity contribution in [2.24, 2.45) is 0 Å². The second-order valence-corrected chi connectivity index (χ2v) is 4.52. The van der Waals surface area contributed by atoms with Crippen LogP contribution in [-0.4, -0.2) is 10.1 Å². The SMILES string of the molecule is C/C=C/C(C)=C/Nc1ccc(-c2cccc(O)c2)cn1. The monoisotopic (exact) mass is 266 g/mol. The lowest BCUT2D eigenvalue weighted by molar-refractivity contribution is 0.475. The molecule has 3 heteroatoms. The van der Waals surface area contributed by atoms with Crippen LogP contribution in [0.2, 0.25) is 0 Å². The highest BCUT2D eigenvalue weighted by Crippen LogP contribution is 2.23. The molecule has 0 radical (unpaired) electrons. The van der Waals surface area contributed by atoms with E-state index in [1.165, 1.54) is 0 Å². The summed E-state index contributed by atoms with van der Waals surface area (Å²) >= 11 is 0. The zero-order chi connectivity index (χ0) is 14.4. The highest BCUT2D eigenvalue weighted by atomic mass is 16.3. The first-order valence-corrected chi connectivity index (χ1v) is 6.50. The third kappa shape index (κ3) is 3.72. The van der Waals surface area contributed by atoms with Crippen LogP contribution >= 0.6 is 0 Å². The summed E-state index contributed by atoms with van der Waals surface area (Å²) in [6, 6.07) is 11.0. The van der Waals surface area contributed by atoms with Gasteiger partial charge in [-0.15, -0.1) is 0 Å². The van der Waals surface area contributed by atoms with E-state index in [2.05, 4.69) is 10.3 Å². The minimum atomic E-state index is 0.259. The number of rotatable bonds is 4. The van der Waals surface area contributed by atoms with Gasteiger partial charge in [0.1, 0.15) is 11.6 Å². The second kappa shape index (κ2) is 6.57. The summed E-state index contributed by atoms with van der Waals surface area (Å²) in [7, 11) is 0. The average Bonchev–Trinajstić information content (AvgIpc) is 2.46. The van der Waals surface area contributed by atoms with Crippen LogP contribution in [0.5, 0.6) is 5.75 Å². The quantitative estimate of drug-likeness (QED) is 0.809. The van der Waals surface area contributed by atoms with Crippen molar-refractivity contribution in [1.29, 1.82) is 0 Å². The van der Waals surface area contributed by atoms with Crippen molar-refractivity contribution >= 4 is 5.82 Å². The van der Waals surface area contributed by atoms with E-state index in [-0.39, 0.29) is 5.75 Å². The third-order valence-electron chi connectivity index (χ3n) is 2.82. The van der Waals surface area contributed by atoms with E-state index in [1.807, 2.05) is 56.5 Å². The molecule has 2 N–H and O–H groups in total. The molecule has 0 saturated carbocycles. The largest absolute Gasteiger partial charge is 0.508 e. The Bertz CT molecular complexity index is 628. The summed E-state index contributed by atoms with van der Waals surface area (Å²) in [5, 5.41) is 12.6. The minimum absolute atomic E-state index is 0.259. The predicted octanol–water partition coefficient (Wildman–Crippen LogP) is 4.35. The molecule has 0 atom stereocenters. The highest BCUT2D eigenvalue weighted by Gasteiger charge is 1.99. The van der Waals surface area contributed by atoms with Gasteiger partial charge in [0.25, 0.3) is 0 Å². The molecule has 0 unspecified atom stereocenters. The number of hydrogen-bond donors (Lipinski definition) is 2. The maximum Gasteiger partial charge on any atom is 0.129 e. The zero-order valence-corrected chi connectivity index (χ0v) is 11.7.